The van der Waals surface area contributed by atoms with E-state index in [0.29, 0.717) is 35.7 Å². The van der Waals surface area contributed by atoms with Crippen molar-refractivity contribution in [2.24, 2.45) is 0 Å². The van der Waals surface area contributed by atoms with Gasteiger partial charge in [-0.1, -0.05) is 59.6 Å². The standard InChI is InChI=1S/C32H31Cl2F4NO2/c33-23-8-12-27(29(34)18-23)28-4-1-3-21-17-22(31(40)32(36,37)38)7-11-26(21)30(28)20-5-9-24(10-6-20)41-25-13-16-39(19-25)15-2-14-35/h5-12,17-18,25,31,40H,1-4,13-16,19H2/t25-,31?/m0/s1. The Morgan fingerprint density at radius 3 is 2.44 bits per heavy atom. The summed E-state index contributed by atoms with van der Waals surface area (Å²) >= 11 is 12.8. The van der Waals surface area contributed by atoms with Crippen LogP contribution in [0.4, 0.5) is 17.6 Å². The van der Waals surface area contributed by atoms with E-state index >= 15 is 0 Å². The second kappa shape index (κ2) is 12.7. The summed E-state index contributed by atoms with van der Waals surface area (Å²) in [4.78, 5) is 2.21. The van der Waals surface area contributed by atoms with Crippen LogP contribution in [-0.4, -0.2) is 48.6 Å². The fourth-order valence-corrected chi connectivity index (χ4v) is 6.29. The number of likely N-dealkylation sites (tertiary alicyclic amines) is 1. The maximum absolute atomic E-state index is 13.3. The van der Waals surface area contributed by atoms with Crippen LogP contribution in [0.25, 0.3) is 11.1 Å². The van der Waals surface area contributed by atoms with Crippen LogP contribution in [0.5, 0.6) is 5.75 Å². The molecule has 1 heterocycles. The summed E-state index contributed by atoms with van der Waals surface area (Å²) in [7, 11) is 0. The van der Waals surface area contributed by atoms with Crippen LogP contribution in [0.15, 0.2) is 60.7 Å². The van der Waals surface area contributed by atoms with Gasteiger partial charge in [0.25, 0.3) is 0 Å². The molecule has 41 heavy (non-hydrogen) atoms. The molecule has 0 spiro atoms. The van der Waals surface area contributed by atoms with Crippen molar-refractivity contribution in [1.82, 2.24) is 4.90 Å². The van der Waals surface area contributed by atoms with E-state index < -0.39 is 12.3 Å². The maximum atomic E-state index is 13.3. The minimum Gasteiger partial charge on any atom is -0.489 e. The van der Waals surface area contributed by atoms with Gasteiger partial charge in [0.1, 0.15) is 11.9 Å². The van der Waals surface area contributed by atoms with Crippen LogP contribution in [0, 0.1) is 0 Å². The second-order valence-electron chi connectivity index (χ2n) is 10.6. The smallest absolute Gasteiger partial charge is 0.418 e. The number of aliphatic hydroxyl groups excluding tert-OH is 1. The van der Waals surface area contributed by atoms with Crippen LogP contribution in [-0.2, 0) is 6.42 Å². The first-order valence-corrected chi connectivity index (χ1v) is 14.5. The topological polar surface area (TPSA) is 32.7 Å². The maximum Gasteiger partial charge on any atom is 0.418 e. The summed E-state index contributed by atoms with van der Waals surface area (Å²) in [6.45, 7) is 2.03. The van der Waals surface area contributed by atoms with Gasteiger partial charge < -0.3 is 9.84 Å². The molecule has 1 aliphatic carbocycles. The molecule has 1 aliphatic heterocycles. The van der Waals surface area contributed by atoms with Gasteiger partial charge in [0, 0.05) is 29.7 Å². The fourth-order valence-electron chi connectivity index (χ4n) is 5.77. The van der Waals surface area contributed by atoms with Crippen LogP contribution in [0.1, 0.15) is 59.6 Å². The Bertz CT molecular complexity index is 1410. The predicted molar refractivity (Wildman–Crippen MR) is 155 cm³/mol. The lowest BCUT2D eigenvalue weighted by Crippen LogP contribution is -2.26. The lowest BCUT2D eigenvalue weighted by molar-refractivity contribution is -0.206. The lowest BCUT2D eigenvalue weighted by atomic mass is 9.87. The van der Waals surface area contributed by atoms with E-state index in [-0.39, 0.29) is 18.3 Å². The highest BCUT2D eigenvalue weighted by Crippen LogP contribution is 2.44. The van der Waals surface area contributed by atoms with E-state index in [0.717, 1.165) is 65.2 Å². The zero-order valence-electron chi connectivity index (χ0n) is 22.4. The lowest BCUT2D eigenvalue weighted by Gasteiger charge is -2.20. The summed E-state index contributed by atoms with van der Waals surface area (Å²) < 4.78 is 58.6. The van der Waals surface area contributed by atoms with Gasteiger partial charge in [-0.25, -0.2) is 0 Å². The molecule has 1 N–H and O–H groups in total. The minimum absolute atomic E-state index is 0.0280. The van der Waals surface area contributed by atoms with Gasteiger partial charge in [-0.3, -0.25) is 9.29 Å². The van der Waals surface area contributed by atoms with Crippen molar-refractivity contribution in [1.29, 1.82) is 0 Å². The molecule has 0 aromatic heterocycles. The molecule has 1 fully saturated rings. The number of halogens is 6. The van der Waals surface area contributed by atoms with Gasteiger partial charge in [-0.15, -0.1) is 0 Å². The van der Waals surface area contributed by atoms with Gasteiger partial charge in [0.05, 0.1) is 6.67 Å². The molecule has 2 aliphatic rings. The van der Waals surface area contributed by atoms with Crippen molar-refractivity contribution in [2.75, 3.05) is 26.3 Å². The average molecular weight is 609 g/mol. The van der Waals surface area contributed by atoms with Crippen LogP contribution in [0.3, 0.4) is 0 Å². The summed E-state index contributed by atoms with van der Waals surface area (Å²) in [6.07, 6.45) is -3.98. The highest BCUT2D eigenvalue weighted by molar-refractivity contribution is 6.36. The molecular formula is C32H31Cl2F4NO2. The zero-order chi connectivity index (χ0) is 29.1. The normalized spacial score (nSPS) is 18.8. The van der Waals surface area contributed by atoms with E-state index in [1.54, 1.807) is 18.2 Å². The Labute approximate surface area is 247 Å². The molecule has 3 aromatic rings. The second-order valence-corrected chi connectivity index (χ2v) is 11.4. The molecule has 1 saturated heterocycles. The summed E-state index contributed by atoms with van der Waals surface area (Å²) in [5.41, 5.74) is 4.90. The van der Waals surface area contributed by atoms with Gasteiger partial charge in [-0.2, -0.15) is 13.2 Å². The number of aliphatic hydroxyl groups is 1. The Hall–Kier alpha value is -2.58. The van der Waals surface area contributed by atoms with Gasteiger partial charge in [0.15, 0.2) is 6.10 Å². The number of benzene rings is 3. The van der Waals surface area contributed by atoms with Crippen molar-refractivity contribution in [3.63, 3.8) is 0 Å². The third-order valence-electron chi connectivity index (χ3n) is 7.74. The van der Waals surface area contributed by atoms with Crippen molar-refractivity contribution in [3.05, 3.63) is 98.5 Å². The zero-order valence-corrected chi connectivity index (χ0v) is 23.9. The fraction of sp³-hybridized carbons (Fsp3) is 0.375. The monoisotopic (exact) mass is 607 g/mol. The first-order chi connectivity index (χ1) is 19.6. The number of allylic oxidation sites excluding steroid dienone is 1. The summed E-state index contributed by atoms with van der Waals surface area (Å²) in [6, 6.07) is 17.5. The molecule has 0 saturated carbocycles. The number of ether oxygens (including phenoxy) is 1. The minimum atomic E-state index is -4.75. The highest BCUT2D eigenvalue weighted by Gasteiger charge is 2.39. The van der Waals surface area contributed by atoms with Crippen molar-refractivity contribution in [2.45, 2.75) is 50.5 Å². The first kappa shape index (κ1) is 29.9. The highest BCUT2D eigenvalue weighted by atomic mass is 35.5. The number of hydrogen-bond donors (Lipinski definition) is 1. The predicted octanol–water partition coefficient (Wildman–Crippen LogP) is 8.70. The third kappa shape index (κ3) is 6.91. The van der Waals surface area contributed by atoms with Gasteiger partial charge >= 0.3 is 6.18 Å². The van der Waals surface area contributed by atoms with E-state index in [1.165, 1.54) is 12.1 Å². The number of alkyl halides is 4. The van der Waals surface area contributed by atoms with Crippen LogP contribution in [0.2, 0.25) is 10.0 Å². The van der Waals surface area contributed by atoms with Crippen LogP contribution < -0.4 is 4.74 Å². The van der Waals surface area contributed by atoms with Gasteiger partial charge in [0.2, 0.25) is 0 Å². The van der Waals surface area contributed by atoms with Crippen molar-refractivity contribution < 1.29 is 27.4 Å². The molecule has 0 bridgehead atoms. The SMILES string of the molecule is OC(c1ccc2c(c1)CCCC(c1ccc(Cl)cc1Cl)=C2c1ccc(O[C@H]2CCN(CCCF)C2)cc1)C(F)(F)F. The molecule has 5 rings (SSSR count). The largest absolute Gasteiger partial charge is 0.489 e. The quantitative estimate of drug-likeness (QED) is 0.260. The molecular weight excluding hydrogens is 577 g/mol. The molecule has 0 radical (unpaired) electrons. The van der Waals surface area contributed by atoms with E-state index in [2.05, 4.69) is 4.90 Å². The van der Waals surface area contributed by atoms with Crippen molar-refractivity contribution >= 4 is 34.3 Å². The first-order valence-electron chi connectivity index (χ1n) is 13.8. The Kier molecular flexibility index (Phi) is 9.29. The number of aryl methyl sites for hydroxylation is 1. The number of fused-ring (bicyclic) bond motifs is 1. The Morgan fingerprint density at radius 2 is 1.73 bits per heavy atom. The molecule has 9 heteroatoms. The number of rotatable bonds is 8. The van der Waals surface area contributed by atoms with Crippen LogP contribution >= 0.6 is 23.2 Å². The molecule has 0 amide bonds. The third-order valence-corrected chi connectivity index (χ3v) is 8.29. The van der Waals surface area contributed by atoms with E-state index in [4.69, 9.17) is 27.9 Å². The molecule has 3 nitrogen and oxygen atoms in total. The molecule has 1 unspecified atom stereocenters. The van der Waals surface area contributed by atoms with E-state index in [9.17, 15) is 22.7 Å². The summed E-state index contributed by atoms with van der Waals surface area (Å²) in [5, 5.41) is 10.9. The number of hydrogen-bond acceptors (Lipinski definition) is 3. The molecule has 2 atom stereocenters. The summed E-state index contributed by atoms with van der Waals surface area (Å²) in [5.74, 6) is 0.718. The van der Waals surface area contributed by atoms with Gasteiger partial charge in [-0.05, 0) is 95.3 Å². The van der Waals surface area contributed by atoms with Crippen molar-refractivity contribution in [3.8, 4) is 5.75 Å². The Morgan fingerprint density at radius 1 is 0.976 bits per heavy atom. The number of nitrogens with zero attached hydrogens (tertiary/aromatic N) is 1. The Balaban J connectivity index is 1.52. The molecule has 3 aromatic carbocycles. The average Bonchev–Trinajstić information content (AvgIpc) is 3.30. The van der Waals surface area contributed by atoms with E-state index in [1.807, 2.05) is 30.3 Å². The molecule has 218 valence electrons.